The van der Waals surface area contributed by atoms with Gasteiger partial charge in [0.1, 0.15) is 5.92 Å². The SMILES string of the molecule is O=C(O)c1ccccc1[C@H]1[C@H]2C(=O)N(c3ccc([N+](=O)[O-])cc3)C(=O)[C@@H]2ON1c1ccccc1. The lowest BCUT2D eigenvalue weighted by atomic mass is 9.88. The lowest BCUT2D eigenvalue weighted by Gasteiger charge is -2.29. The topological polar surface area (TPSA) is 130 Å². The molecule has 0 radical (unpaired) electrons. The lowest BCUT2D eigenvalue weighted by Crippen LogP contribution is -2.37. The predicted molar refractivity (Wildman–Crippen MR) is 119 cm³/mol. The number of fused-ring (bicyclic) bond motifs is 1. The number of hydroxylamine groups is 1. The molecule has 2 heterocycles. The van der Waals surface area contributed by atoms with Crippen LogP contribution in [0.5, 0.6) is 0 Å². The molecular formula is C24H17N3O7. The van der Waals surface area contributed by atoms with Crippen LogP contribution < -0.4 is 9.96 Å². The minimum atomic E-state index is -1.19. The number of para-hydroxylation sites is 1. The molecule has 5 rings (SSSR count). The molecule has 0 bridgehead atoms. The molecule has 0 unspecified atom stereocenters. The molecule has 0 saturated carbocycles. The Morgan fingerprint density at radius 1 is 0.882 bits per heavy atom. The van der Waals surface area contributed by atoms with Crippen molar-refractivity contribution in [3.05, 3.63) is 100 Å². The van der Waals surface area contributed by atoms with Gasteiger partial charge >= 0.3 is 5.97 Å². The lowest BCUT2D eigenvalue weighted by molar-refractivity contribution is -0.384. The average molecular weight is 459 g/mol. The number of non-ortho nitro benzene ring substituents is 1. The van der Waals surface area contributed by atoms with Crippen molar-refractivity contribution < 1.29 is 29.3 Å². The van der Waals surface area contributed by atoms with Crippen LogP contribution in [-0.4, -0.2) is 33.9 Å². The number of nitro groups is 1. The fourth-order valence-electron chi connectivity index (χ4n) is 4.46. The van der Waals surface area contributed by atoms with Crippen LogP contribution in [0.3, 0.4) is 0 Å². The predicted octanol–water partition coefficient (Wildman–Crippen LogP) is 3.34. The minimum Gasteiger partial charge on any atom is -0.478 e. The third-order valence-corrected chi connectivity index (χ3v) is 5.95. The van der Waals surface area contributed by atoms with Crippen molar-refractivity contribution in [2.45, 2.75) is 12.1 Å². The van der Waals surface area contributed by atoms with Gasteiger partial charge in [-0.15, -0.1) is 0 Å². The van der Waals surface area contributed by atoms with Crippen LogP contribution >= 0.6 is 0 Å². The van der Waals surface area contributed by atoms with Crippen LogP contribution in [0.25, 0.3) is 0 Å². The first-order valence-corrected chi connectivity index (χ1v) is 10.3. The monoisotopic (exact) mass is 459 g/mol. The summed E-state index contributed by atoms with van der Waals surface area (Å²) in [6, 6.07) is 19.2. The summed E-state index contributed by atoms with van der Waals surface area (Å²) in [5.74, 6) is -3.40. The van der Waals surface area contributed by atoms with E-state index in [-0.39, 0.29) is 16.9 Å². The Morgan fingerprint density at radius 2 is 1.53 bits per heavy atom. The number of rotatable bonds is 5. The fourth-order valence-corrected chi connectivity index (χ4v) is 4.46. The molecule has 2 saturated heterocycles. The van der Waals surface area contributed by atoms with Gasteiger partial charge in [0.05, 0.1) is 27.9 Å². The number of carboxylic acids is 1. The van der Waals surface area contributed by atoms with Crippen molar-refractivity contribution in [1.82, 2.24) is 0 Å². The van der Waals surface area contributed by atoms with Crippen molar-refractivity contribution in [3.8, 4) is 0 Å². The van der Waals surface area contributed by atoms with Gasteiger partial charge in [-0.3, -0.25) is 24.5 Å². The number of imide groups is 1. The second kappa shape index (κ2) is 8.09. The molecule has 2 aliphatic rings. The second-order valence-electron chi connectivity index (χ2n) is 7.84. The summed E-state index contributed by atoms with van der Waals surface area (Å²) < 4.78 is 0. The molecule has 10 nitrogen and oxygen atoms in total. The van der Waals surface area contributed by atoms with E-state index < -0.39 is 40.8 Å². The molecule has 0 aromatic heterocycles. The highest BCUT2D eigenvalue weighted by Crippen LogP contribution is 2.48. The summed E-state index contributed by atoms with van der Waals surface area (Å²) in [4.78, 5) is 56.1. The molecule has 1 N–H and O–H groups in total. The average Bonchev–Trinajstić information content (AvgIpc) is 3.35. The number of amides is 2. The Kier molecular flexibility index (Phi) is 5.06. The van der Waals surface area contributed by atoms with Gasteiger partial charge in [0.15, 0.2) is 6.10 Å². The zero-order valence-corrected chi connectivity index (χ0v) is 17.5. The van der Waals surface area contributed by atoms with Crippen LogP contribution in [-0.2, 0) is 14.4 Å². The van der Waals surface area contributed by atoms with Gasteiger partial charge in [-0.1, -0.05) is 36.4 Å². The number of hydrogen-bond acceptors (Lipinski definition) is 7. The van der Waals surface area contributed by atoms with E-state index in [2.05, 4.69) is 0 Å². The van der Waals surface area contributed by atoms with Gasteiger partial charge in [-0.2, -0.15) is 0 Å². The van der Waals surface area contributed by atoms with E-state index in [1.165, 1.54) is 35.4 Å². The quantitative estimate of drug-likeness (QED) is 0.349. The van der Waals surface area contributed by atoms with Gasteiger partial charge in [-0.25, -0.2) is 14.8 Å². The third-order valence-electron chi connectivity index (χ3n) is 5.95. The number of nitrogens with zero attached hydrogens (tertiary/aromatic N) is 3. The van der Waals surface area contributed by atoms with Gasteiger partial charge in [0.25, 0.3) is 11.6 Å². The second-order valence-corrected chi connectivity index (χ2v) is 7.84. The van der Waals surface area contributed by atoms with Crippen molar-refractivity contribution in [1.29, 1.82) is 0 Å². The van der Waals surface area contributed by atoms with Gasteiger partial charge in [-0.05, 0) is 35.9 Å². The maximum absolute atomic E-state index is 13.6. The Hall–Kier alpha value is -4.57. The van der Waals surface area contributed by atoms with Crippen molar-refractivity contribution in [2.24, 2.45) is 5.92 Å². The molecule has 34 heavy (non-hydrogen) atoms. The van der Waals surface area contributed by atoms with Crippen LogP contribution in [0.2, 0.25) is 0 Å². The Balaban J connectivity index is 1.60. The van der Waals surface area contributed by atoms with E-state index in [0.29, 0.717) is 11.3 Å². The molecule has 170 valence electrons. The van der Waals surface area contributed by atoms with E-state index >= 15 is 0 Å². The molecule has 10 heteroatoms. The molecule has 2 fully saturated rings. The van der Waals surface area contributed by atoms with Crippen LogP contribution in [0.4, 0.5) is 17.1 Å². The standard InChI is InChI=1S/C24H17N3O7/c28-22-19-20(17-8-4-5-9-18(17)24(30)31)26(15-6-2-1-3-7-15)34-21(19)23(29)25(22)14-10-12-16(13-11-14)27(32)33/h1-13,19-21H,(H,30,31)/t19-,20+,21-/m1/s1. The van der Waals surface area contributed by atoms with E-state index in [1.54, 1.807) is 48.5 Å². The number of nitro benzene ring substituents is 1. The third kappa shape index (κ3) is 3.28. The van der Waals surface area contributed by atoms with Crippen LogP contribution in [0, 0.1) is 16.0 Å². The maximum Gasteiger partial charge on any atom is 0.336 e. The zero-order valence-electron chi connectivity index (χ0n) is 17.5. The van der Waals surface area contributed by atoms with E-state index in [1.807, 2.05) is 0 Å². The molecule has 0 spiro atoms. The highest BCUT2D eigenvalue weighted by molar-refractivity contribution is 6.24. The number of carboxylic acid groups (broad SMARTS) is 1. The molecule has 0 aliphatic carbocycles. The van der Waals surface area contributed by atoms with Crippen LogP contribution in [0.15, 0.2) is 78.9 Å². The highest BCUT2D eigenvalue weighted by atomic mass is 16.7. The molecule has 2 amide bonds. The van der Waals surface area contributed by atoms with E-state index in [4.69, 9.17) is 4.84 Å². The molecule has 3 atom stereocenters. The smallest absolute Gasteiger partial charge is 0.336 e. The number of anilines is 2. The van der Waals surface area contributed by atoms with Crippen molar-refractivity contribution in [2.75, 3.05) is 9.96 Å². The molecule has 3 aromatic rings. The summed E-state index contributed by atoms with van der Waals surface area (Å²) in [6.07, 6.45) is -1.19. The van der Waals surface area contributed by atoms with Gasteiger partial charge < -0.3 is 5.11 Å². The minimum absolute atomic E-state index is 0.00767. The van der Waals surface area contributed by atoms with Crippen molar-refractivity contribution in [3.63, 3.8) is 0 Å². The number of aromatic carboxylic acids is 1. The van der Waals surface area contributed by atoms with Crippen LogP contribution in [0.1, 0.15) is 22.0 Å². The summed E-state index contributed by atoms with van der Waals surface area (Å²) >= 11 is 0. The van der Waals surface area contributed by atoms with Crippen molar-refractivity contribution >= 4 is 34.8 Å². The Labute approximate surface area is 192 Å². The molecule has 2 aliphatic heterocycles. The molecule has 3 aromatic carbocycles. The Bertz CT molecular complexity index is 1310. The van der Waals surface area contributed by atoms with E-state index in [9.17, 15) is 29.6 Å². The number of carbonyl (C=O) groups is 3. The number of benzene rings is 3. The summed E-state index contributed by atoms with van der Waals surface area (Å²) in [7, 11) is 0. The zero-order chi connectivity index (χ0) is 24.0. The fraction of sp³-hybridized carbons (Fsp3) is 0.125. The largest absolute Gasteiger partial charge is 0.478 e. The first-order chi connectivity index (χ1) is 16.4. The normalized spacial score (nSPS) is 21.6. The first kappa shape index (κ1) is 21.3. The van der Waals surface area contributed by atoms with Gasteiger partial charge in [0.2, 0.25) is 5.91 Å². The molecular weight excluding hydrogens is 442 g/mol. The number of carbonyl (C=O) groups excluding carboxylic acids is 2. The van der Waals surface area contributed by atoms with E-state index in [0.717, 1.165) is 4.90 Å². The first-order valence-electron chi connectivity index (χ1n) is 10.3. The summed E-state index contributed by atoms with van der Waals surface area (Å²) in [5, 5.41) is 22.1. The number of hydrogen-bond donors (Lipinski definition) is 1. The maximum atomic E-state index is 13.6. The van der Waals surface area contributed by atoms with Gasteiger partial charge in [0, 0.05) is 12.1 Å². The summed E-state index contributed by atoms with van der Waals surface area (Å²) in [5.41, 5.74) is 0.882. The Morgan fingerprint density at radius 3 is 2.18 bits per heavy atom. The highest BCUT2D eigenvalue weighted by Gasteiger charge is 2.60. The summed E-state index contributed by atoms with van der Waals surface area (Å²) in [6.45, 7) is 0.